The van der Waals surface area contributed by atoms with Crippen LogP contribution in [0.3, 0.4) is 0 Å². The van der Waals surface area contributed by atoms with Crippen molar-refractivity contribution in [2.24, 2.45) is 10.7 Å². The molecule has 1 aromatic rings. The summed E-state index contributed by atoms with van der Waals surface area (Å²) in [5.41, 5.74) is 5.72. The van der Waals surface area contributed by atoms with Gasteiger partial charge in [-0.25, -0.2) is 14.2 Å². The van der Waals surface area contributed by atoms with Crippen LogP contribution in [-0.2, 0) is 11.3 Å². The molecule has 1 aliphatic rings. The van der Waals surface area contributed by atoms with E-state index in [0.717, 1.165) is 6.07 Å². The molecule has 3 N–H and O–H groups in total. The zero-order valence-electron chi connectivity index (χ0n) is 15.0. The number of nitrogens with one attached hydrogen (secondary N) is 1. The summed E-state index contributed by atoms with van der Waals surface area (Å²) >= 11 is 0. The first-order valence-electron chi connectivity index (χ1n) is 8.61. The van der Waals surface area contributed by atoms with Crippen LogP contribution in [0.2, 0.25) is 0 Å². The summed E-state index contributed by atoms with van der Waals surface area (Å²) in [6.07, 6.45) is 0.951. The lowest BCUT2D eigenvalue weighted by molar-refractivity contribution is -0.0506. The van der Waals surface area contributed by atoms with E-state index in [1.54, 1.807) is 11.8 Å². The van der Waals surface area contributed by atoms with Crippen LogP contribution in [0.25, 0.3) is 0 Å². The molecule has 0 radical (unpaired) electrons. The third-order valence-corrected chi connectivity index (χ3v) is 4.07. The molecule has 1 heterocycles. The number of aliphatic imine (C=N–C) groups is 1. The molecule has 0 spiro atoms. The molecular weight excluding hydrogens is 365 g/mol. The van der Waals surface area contributed by atoms with Crippen molar-refractivity contribution >= 4 is 12.1 Å². The summed E-state index contributed by atoms with van der Waals surface area (Å²) in [4.78, 5) is 17.3. The minimum absolute atomic E-state index is 0.00293. The van der Waals surface area contributed by atoms with E-state index in [-0.39, 0.29) is 36.0 Å². The summed E-state index contributed by atoms with van der Waals surface area (Å²) in [7, 11) is 0. The third kappa shape index (κ3) is 6.22. The van der Waals surface area contributed by atoms with Gasteiger partial charge in [-0.2, -0.15) is 8.78 Å². The first-order chi connectivity index (χ1) is 12.9. The number of benzene rings is 1. The van der Waals surface area contributed by atoms with Crippen LogP contribution in [0.15, 0.2) is 23.2 Å². The van der Waals surface area contributed by atoms with Crippen molar-refractivity contribution in [3.05, 3.63) is 29.6 Å². The van der Waals surface area contributed by atoms with E-state index in [1.807, 2.05) is 0 Å². The molecule has 27 heavy (non-hydrogen) atoms. The first-order valence-corrected chi connectivity index (χ1v) is 8.61. The van der Waals surface area contributed by atoms with E-state index in [1.165, 1.54) is 12.1 Å². The molecule has 0 bridgehead atoms. The molecule has 1 saturated heterocycles. The van der Waals surface area contributed by atoms with Gasteiger partial charge in [-0.3, -0.25) is 0 Å². The number of hydrogen-bond donors (Lipinski definition) is 2. The standard InChI is InChI=1S/C17H23F3N4O3/c1-2-26-17(25)24-8-6-11(7-9-24)23-16(21)22-10-12-13(18)4-3-5-14(12)27-15(19)20/h3-5,11,15H,2,6-10H2,1H3,(H3,21,22,23). The molecule has 7 nitrogen and oxygen atoms in total. The number of rotatable bonds is 6. The van der Waals surface area contributed by atoms with E-state index in [0.29, 0.717) is 32.5 Å². The predicted octanol–water partition coefficient (Wildman–Crippen LogP) is 2.45. The van der Waals surface area contributed by atoms with Crippen molar-refractivity contribution in [3.63, 3.8) is 0 Å². The third-order valence-electron chi connectivity index (χ3n) is 4.07. The first kappa shape index (κ1) is 20.7. The molecule has 2 rings (SSSR count). The van der Waals surface area contributed by atoms with Crippen molar-refractivity contribution < 1.29 is 27.4 Å². The Bertz CT molecular complexity index is 665. The second-order valence-electron chi connectivity index (χ2n) is 5.90. The number of nitrogens with two attached hydrogens (primary N) is 1. The molecule has 0 aromatic heterocycles. The lowest BCUT2D eigenvalue weighted by Crippen LogP contribution is -2.48. The average molecular weight is 388 g/mol. The highest BCUT2D eigenvalue weighted by molar-refractivity contribution is 5.78. The number of hydrogen-bond acceptors (Lipinski definition) is 4. The Morgan fingerprint density at radius 2 is 2.11 bits per heavy atom. The molecule has 0 saturated carbocycles. The number of likely N-dealkylation sites (tertiary alicyclic amines) is 1. The van der Waals surface area contributed by atoms with Gasteiger partial charge in [-0.1, -0.05) is 6.07 Å². The highest BCUT2D eigenvalue weighted by atomic mass is 19.3. The Labute approximate surface area is 155 Å². The number of alkyl halides is 2. The molecule has 1 aliphatic heterocycles. The van der Waals surface area contributed by atoms with Gasteiger partial charge in [-0.05, 0) is 31.9 Å². The van der Waals surface area contributed by atoms with Gasteiger partial charge in [0.25, 0.3) is 0 Å². The fourth-order valence-electron chi connectivity index (χ4n) is 2.74. The Hall–Kier alpha value is -2.65. The maximum absolute atomic E-state index is 13.9. The van der Waals surface area contributed by atoms with Gasteiger partial charge in [-0.15, -0.1) is 0 Å². The molecular formula is C17H23F3N4O3. The number of carbonyl (C=O) groups excluding carboxylic acids is 1. The van der Waals surface area contributed by atoms with Crippen LogP contribution in [-0.4, -0.2) is 49.3 Å². The van der Waals surface area contributed by atoms with Crippen molar-refractivity contribution in [1.29, 1.82) is 0 Å². The van der Waals surface area contributed by atoms with E-state index in [9.17, 15) is 18.0 Å². The number of piperidine rings is 1. The fraction of sp³-hybridized carbons (Fsp3) is 0.529. The van der Waals surface area contributed by atoms with E-state index in [2.05, 4.69) is 15.0 Å². The van der Waals surface area contributed by atoms with Gasteiger partial charge >= 0.3 is 12.7 Å². The SMILES string of the molecule is CCOC(=O)N1CCC(NC(N)=NCc2c(F)cccc2OC(F)F)CC1. The molecule has 1 fully saturated rings. The van der Waals surface area contributed by atoms with Crippen molar-refractivity contribution in [2.45, 2.75) is 39.0 Å². The van der Waals surface area contributed by atoms with Crippen LogP contribution in [0, 0.1) is 5.82 Å². The lowest BCUT2D eigenvalue weighted by atomic mass is 10.1. The lowest BCUT2D eigenvalue weighted by Gasteiger charge is -2.31. The highest BCUT2D eigenvalue weighted by Crippen LogP contribution is 2.24. The molecule has 10 heteroatoms. The second-order valence-corrected chi connectivity index (χ2v) is 5.90. The summed E-state index contributed by atoms with van der Waals surface area (Å²) in [5.74, 6) is -0.910. The summed E-state index contributed by atoms with van der Waals surface area (Å²) in [6, 6.07) is 3.66. The number of nitrogens with zero attached hydrogens (tertiary/aromatic N) is 2. The summed E-state index contributed by atoms with van der Waals surface area (Å²) < 4.78 is 48.0. The summed E-state index contributed by atoms with van der Waals surface area (Å²) in [5, 5.41) is 3.00. The minimum atomic E-state index is -3.06. The smallest absolute Gasteiger partial charge is 0.409 e. The number of carbonyl (C=O) groups is 1. The fourth-order valence-corrected chi connectivity index (χ4v) is 2.74. The molecule has 0 atom stereocenters. The number of amides is 1. The normalized spacial score (nSPS) is 15.7. The topological polar surface area (TPSA) is 89.2 Å². The van der Waals surface area contributed by atoms with Crippen LogP contribution in [0.5, 0.6) is 5.75 Å². The van der Waals surface area contributed by atoms with E-state index >= 15 is 0 Å². The Kier molecular flexibility index (Phi) is 7.56. The number of guanidine groups is 1. The largest absolute Gasteiger partial charge is 0.450 e. The number of halogens is 3. The van der Waals surface area contributed by atoms with Gasteiger partial charge in [0, 0.05) is 19.1 Å². The molecule has 1 amide bonds. The van der Waals surface area contributed by atoms with Crippen molar-refractivity contribution in [2.75, 3.05) is 19.7 Å². The Morgan fingerprint density at radius 3 is 2.74 bits per heavy atom. The quantitative estimate of drug-likeness (QED) is 0.577. The van der Waals surface area contributed by atoms with Gasteiger partial charge in [0.05, 0.1) is 18.7 Å². The van der Waals surface area contributed by atoms with Gasteiger partial charge in [0.15, 0.2) is 5.96 Å². The second kappa shape index (κ2) is 9.89. The van der Waals surface area contributed by atoms with Crippen molar-refractivity contribution in [1.82, 2.24) is 10.2 Å². The van der Waals surface area contributed by atoms with Crippen LogP contribution in [0.1, 0.15) is 25.3 Å². The zero-order valence-corrected chi connectivity index (χ0v) is 15.0. The molecule has 0 unspecified atom stereocenters. The van der Waals surface area contributed by atoms with Crippen molar-refractivity contribution in [3.8, 4) is 5.75 Å². The summed E-state index contributed by atoms with van der Waals surface area (Å²) in [6.45, 7) is -0.197. The average Bonchev–Trinajstić information content (AvgIpc) is 2.61. The van der Waals surface area contributed by atoms with Gasteiger partial charge in [0.1, 0.15) is 11.6 Å². The molecule has 1 aromatic carbocycles. The predicted molar refractivity (Wildman–Crippen MR) is 93.1 cm³/mol. The maximum atomic E-state index is 13.9. The van der Waals surface area contributed by atoms with Crippen LogP contribution < -0.4 is 15.8 Å². The Balaban J connectivity index is 1.90. The van der Waals surface area contributed by atoms with E-state index < -0.39 is 12.4 Å². The highest BCUT2D eigenvalue weighted by Gasteiger charge is 2.23. The van der Waals surface area contributed by atoms with E-state index in [4.69, 9.17) is 10.5 Å². The molecule has 0 aliphatic carbocycles. The molecule has 150 valence electrons. The van der Waals surface area contributed by atoms with Crippen LogP contribution in [0.4, 0.5) is 18.0 Å². The zero-order chi connectivity index (χ0) is 19.8. The Morgan fingerprint density at radius 1 is 1.41 bits per heavy atom. The van der Waals surface area contributed by atoms with Gasteiger partial charge < -0.3 is 25.4 Å². The maximum Gasteiger partial charge on any atom is 0.409 e. The van der Waals surface area contributed by atoms with Crippen LogP contribution >= 0.6 is 0 Å². The van der Waals surface area contributed by atoms with Gasteiger partial charge in [0.2, 0.25) is 0 Å². The number of ether oxygens (including phenoxy) is 2. The minimum Gasteiger partial charge on any atom is -0.450 e. The monoisotopic (exact) mass is 388 g/mol.